The summed E-state index contributed by atoms with van der Waals surface area (Å²) in [7, 11) is 1.64. The molecule has 6 heteroatoms. The van der Waals surface area contributed by atoms with Crippen LogP contribution in [0.2, 0.25) is 0 Å². The number of ether oxygens (including phenoxy) is 1. The first kappa shape index (κ1) is 22.8. The number of anilines is 2. The van der Waals surface area contributed by atoms with Crippen molar-refractivity contribution in [1.29, 1.82) is 0 Å². The molecule has 0 unspecified atom stereocenters. The molecule has 0 bridgehead atoms. The summed E-state index contributed by atoms with van der Waals surface area (Å²) in [5.74, 6) is 0.662. The second-order valence-corrected chi connectivity index (χ2v) is 8.41. The molecular weight excluding hydrogens is 414 g/mol. The third-order valence-corrected chi connectivity index (χ3v) is 5.98. The van der Waals surface area contributed by atoms with Gasteiger partial charge in [-0.05, 0) is 60.4 Å². The van der Waals surface area contributed by atoms with E-state index in [4.69, 9.17) is 4.74 Å². The highest BCUT2D eigenvalue weighted by atomic mass is 16.5. The van der Waals surface area contributed by atoms with Gasteiger partial charge < -0.3 is 20.5 Å². The van der Waals surface area contributed by atoms with Gasteiger partial charge in [0, 0.05) is 31.9 Å². The largest absolute Gasteiger partial charge is 0.497 e. The number of hydrogen-bond acceptors (Lipinski definition) is 5. The highest BCUT2D eigenvalue weighted by Crippen LogP contribution is 2.23. The number of nitrogens with zero attached hydrogens (tertiary/aromatic N) is 1. The minimum absolute atomic E-state index is 0.123. The van der Waals surface area contributed by atoms with Crippen LogP contribution in [0.15, 0.2) is 72.8 Å². The average molecular weight is 446 g/mol. The van der Waals surface area contributed by atoms with E-state index in [0.717, 1.165) is 55.2 Å². The van der Waals surface area contributed by atoms with E-state index in [0.29, 0.717) is 12.1 Å². The lowest BCUT2D eigenvalue weighted by Crippen LogP contribution is -2.35. The Hall–Kier alpha value is -3.35. The quantitative estimate of drug-likeness (QED) is 0.481. The highest BCUT2D eigenvalue weighted by molar-refractivity contribution is 6.00. The molecule has 0 aliphatic carbocycles. The first-order valence-electron chi connectivity index (χ1n) is 11.4. The Morgan fingerprint density at radius 2 is 1.64 bits per heavy atom. The SMILES string of the molecule is COc1ccc(Nc2ccccc2C(=O)NCc2ccc(CN3CCC(O)CC3)cc2)cc1. The molecule has 1 aliphatic rings. The van der Waals surface area contributed by atoms with Crippen molar-refractivity contribution in [2.24, 2.45) is 0 Å². The van der Waals surface area contributed by atoms with Gasteiger partial charge in [-0.1, -0.05) is 36.4 Å². The molecule has 0 aromatic heterocycles. The number of nitrogens with one attached hydrogen (secondary N) is 2. The lowest BCUT2D eigenvalue weighted by atomic mass is 10.1. The smallest absolute Gasteiger partial charge is 0.253 e. The summed E-state index contributed by atoms with van der Waals surface area (Å²) in [6, 6.07) is 23.4. The Bertz CT molecular complexity index is 1040. The van der Waals surface area contributed by atoms with Gasteiger partial charge in [0.2, 0.25) is 0 Å². The van der Waals surface area contributed by atoms with E-state index in [2.05, 4.69) is 39.8 Å². The van der Waals surface area contributed by atoms with Crippen molar-refractivity contribution in [3.8, 4) is 5.75 Å². The second kappa shape index (κ2) is 11.0. The first-order chi connectivity index (χ1) is 16.1. The Morgan fingerprint density at radius 1 is 0.970 bits per heavy atom. The third-order valence-electron chi connectivity index (χ3n) is 5.98. The number of rotatable bonds is 8. The van der Waals surface area contributed by atoms with Crippen LogP contribution < -0.4 is 15.4 Å². The molecule has 1 heterocycles. The summed E-state index contributed by atoms with van der Waals surface area (Å²) in [4.78, 5) is 15.3. The molecule has 3 aromatic rings. The van der Waals surface area contributed by atoms with E-state index >= 15 is 0 Å². The summed E-state index contributed by atoms with van der Waals surface area (Å²) < 4.78 is 5.20. The molecule has 33 heavy (non-hydrogen) atoms. The average Bonchev–Trinajstić information content (AvgIpc) is 2.85. The summed E-state index contributed by atoms with van der Waals surface area (Å²) in [6.07, 6.45) is 1.54. The first-order valence-corrected chi connectivity index (χ1v) is 11.4. The molecule has 1 aliphatic heterocycles. The van der Waals surface area contributed by atoms with Gasteiger partial charge in [0.25, 0.3) is 5.91 Å². The van der Waals surface area contributed by atoms with Crippen molar-refractivity contribution in [1.82, 2.24) is 10.2 Å². The zero-order chi connectivity index (χ0) is 23.0. The van der Waals surface area contributed by atoms with Crippen LogP contribution in [0.3, 0.4) is 0 Å². The molecule has 1 saturated heterocycles. The number of methoxy groups -OCH3 is 1. The molecule has 0 saturated carbocycles. The van der Waals surface area contributed by atoms with Crippen LogP contribution in [0.5, 0.6) is 5.75 Å². The number of benzene rings is 3. The fourth-order valence-electron chi connectivity index (χ4n) is 4.00. The molecule has 0 atom stereocenters. The van der Waals surface area contributed by atoms with Gasteiger partial charge in [0.05, 0.1) is 24.5 Å². The van der Waals surface area contributed by atoms with Gasteiger partial charge in [-0.2, -0.15) is 0 Å². The fraction of sp³-hybridized carbons (Fsp3) is 0.296. The number of carbonyl (C=O) groups is 1. The zero-order valence-corrected chi connectivity index (χ0v) is 19.0. The number of aliphatic hydroxyl groups excluding tert-OH is 1. The van der Waals surface area contributed by atoms with Crippen LogP contribution >= 0.6 is 0 Å². The van der Waals surface area contributed by atoms with Gasteiger partial charge in [-0.25, -0.2) is 0 Å². The number of likely N-dealkylation sites (tertiary alicyclic amines) is 1. The van der Waals surface area contributed by atoms with Crippen LogP contribution in [0.1, 0.15) is 34.3 Å². The van der Waals surface area contributed by atoms with Crippen molar-refractivity contribution >= 4 is 17.3 Å². The van der Waals surface area contributed by atoms with Gasteiger partial charge in [0.15, 0.2) is 0 Å². The van der Waals surface area contributed by atoms with E-state index in [1.807, 2.05) is 48.5 Å². The van der Waals surface area contributed by atoms with Crippen molar-refractivity contribution in [3.63, 3.8) is 0 Å². The minimum atomic E-state index is -0.149. The molecular formula is C27H31N3O3. The summed E-state index contributed by atoms with van der Waals surface area (Å²) >= 11 is 0. The molecule has 6 nitrogen and oxygen atoms in total. The second-order valence-electron chi connectivity index (χ2n) is 8.41. The molecule has 1 amide bonds. The van der Waals surface area contributed by atoms with Crippen molar-refractivity contribution in [2.45, 2.75) is 32.0 Å². The Balaban J connectivity index is 1.33. The predicted octanol–water partition coefficient (Wildman–Crippen LogP) is 4.33. The number of piperidine rings is 1. The number of carbonyl (C=O) groups excluding carboxylic acids is 1. The van der Waals surface area contributed by atoms with E-state index in [-0.39, 0.29) is 12.0 Å². The van der Waals surface area contributed by atoms with Crippen LogP contribution in [-0.2, 0) is 13.1 Å². The molecule has 0 spiro atoms. The number of para-hydroxylation sites is 1. The van der Waals surface area contributed by atoms with Crippen molar-refractivity contribution in [2.75, 3.05) is 25.5 Å². The Labute approximate surface area is 195 Å². The maximum absolute atomic E-state index is 12.9. The summed E-state index contributed by atoms with van der Waals surface area (Å²) in [6.45, 7) is 3.22. The maximum atomic E-state index is 12.9. The molecule has 1 fully saturated rings. The highest BCUT2D eigenvalue weighted by Gasteiger charge is 2.17. The van der Waals surface area contributed by atoms with E-state index in [1.54, 1.807) is 7.11 Å². The minimum Gasteiger partial charge on any atom is -0.497 e. The molecule has 4 rings (SSSR count). The van der Waals surface area contributed by atoms with Crippen LogP contribution in [0.4, 0.5) is 11.4 Å². The number of aliphatic hydroxyl groups is 1. The van der Waals surface area contributed by atoms with Crippen LogP contribution in [0.25, 0.3) is 0 Å². The van der Waals surface area contributed by atoms with Gasteiger partial charge in [0.1, 0.15) is 5.75 Å². The lowest BCUT2D eigenvalue weighted by molar-refractivity contribution is 0.0792. The topological polar surface area (TPSA) is 73.8 Å². The molecule has 3 N–H and O–H groups in total. The Kier molecular flexibility index (Phi) is 7.60. The van der Waals surface area contributed by atoms with Crippen LogP contribution in [-0.4, -0.2) is 42.2 Å². The van der Waals surface area contributed by atoms with E-state index < -0.39 is 0 Å². The number of hydrogen-bond donors (Lipinski definition) is 3. The summed E-state index contributed by atoms with van der Waals surface area (Å²) in [5, 5.41) is 16.0. The van der Waals surface area contributed by atoms with E-state index in [9.17, 15) is 9.90 Å². The van der Waals surface area contributed by atoms with Gasteiger partial charge in [-0.15, -0.1) is 0 Å². The standard InChI is InChI=1S/C27H31N3O3/c1-33-24-12-10-22(11-13-24)29-26-5-3-2-4-25(26)27(32)28-18-20-6-8-21(9-7-20)19-30-16-14-23(31)15-17-30/h2-13,23,29,31H,14-19H2,1H3,(H,28,32). The van der Waals surface area contributed by atoms with Crippen molar-refractivity contribution in [3.05, 3.63) is 89.5 Å². The van der Waals surface area contributed by atoms with Crippen molar-refractivity contribution < 1.29 is 14.6 Å². The van der Waals surface area contributed by atoms with Crippen LogP contribution in [0, 0.1) is 0 Å². The summed E-state index contributed by atoms with van der Waals surface area (Å²) in [5.41, 5.74) is 4.53. The molecule has 0 radical (unpaired) electrons. The number of amides is 1. The normalized spacial score (nSPS) is 14.6. The Morgan fingerprint density at radius 3 is 2.33 bits per heavy atom. The predicted molar refractivity (Wildman–Crippen MR) is 131 cm³/mol. The zero-order valence-electron chi connectivity index (χ0n) is 19.0. The van der Waals surface area contributed by atoms with E-state index in [1.165, 1.54) is 5.56 Å². The monoisotopic (exact) mass is 445 g/mol. The molecule has 3 aromatic carbocycles. The van der Waals surface area contributed by atoms with Gasteiger partial charge in [-0.3, -0.25) is 9.69 Å². The maximum Gasteiger partial charge on any atom is 0.253 e. The molecule has 172 valence electrons. The lowest BCUT2D eigenvalue weighted by Gasteiger charge is -2.29. The third kappa shape index (κ3) is 6.34. The fourth-order valence-corrected chi connectivity index (χ4v) is 4.00. The van der Waals surface area contributed by atoms with Gasteiger partial charge >= 0.3 is 0 Å².